The molecule has 0 radical (unpaired) electrons. The third-order valence-corrected chi connectivity index (χ3v) is 4.34. The third kappa shape index (κ3) is 2.90. The Hall–Kier alpha value is -3.62. The number of aromatic nitrogens is 2. The van der Waals surface area contributed by atoms with E-state index in [1.165, 1.54) is 6.33 Å². The van der Waals surface area contributed by atoms with Gasteiger partial charge in [0, 0.05) is 5.56 Å². The first-order chi connectivity index (χ1) is 13.5. The minimum atomic E-state index is -0.669. The summed E-state index contributed by atoms with van der Waals surface area (Å²) in [6, 6.07) is 4.80. The largest absolute Gasteiger partial charge is 0.462 e. The van der Waals surface area contributed by atoms with Crippen molar-refractivity contribution in [3.05, 3.63) is 51.8 Å². The molecule has 1 aliphatic rings. The lowest BCUT2D eigenvalue weighted by molar-refractivity contribution is 0.0526. The number of hydrogen-bond donors (Lipinski definition) is 0. The Morgan fingerprint density at radius 3 is 2.82 bits per heavy atom. The van der Waals surface area contributed by atoms with Gasteiger partial charge in [-0.2, -0.15) is 0 Å². The highest BCUT2D eigenvalue weighted by molar-refractivity contribution is 6.03. The van der Waals surface area contributed by atoms with E-state index in [-0.39, 0.29) is 48.2 Å². The quantitative estimate of drug-likeness (QED) is 0.486. The van der Waals surface area contributed by atoms with Gasteiger partial charge in [-0.1, -0.05) is 0 Å². The number of hydrogen-bond acceptors (Lipinski definition) is 8. The highest BCUT2D eigenvalue weighted by atomic mass is 16.7. The zero-order chi connectivity index (χ0) is 19.8. The second-order valence-electron chi connectivity index (χ2n) is 6.10. The molecule has 0 spiro atoms. The number of aryl methyl sites for hydroxylation is 1. The van der Waals surface area contributed by atoms with Crippen LogP contribution < -0.4 is 15.0 Å². The Morgan fingerprint density at radius 1 is 1.25 bits per heavy atom. The SMILES string of the molecule is CCOC(=O)c1c(C)oc2ncn(CC(=O)c3ccc4c(c3)OCO4)c(=O)c12. The average molecular weight is 384 g/mol. The van der Waals surface area contributed by atoms with Crippen molar-refractivity contribution in [2.24, 2.45) is 0 Å². The molecule has 9 heteroatoms. The summed E-state index contributed by atoms with van der Waals surface area (Å²) in [5, 5.41) is -0.00284. The maximum Gasteiger partial charge on any atom is 0.342 e. The van der Waals surface area contributed by atoms with Gasteiger partial charge in [0.2, 0.25) is 12.5 Å². The molecular formula is C19H16N2O7. The first kappa shape index (κ1) is 17.8. The van der Waals surface area contributed by atoms with Crippen LogP contribution in [0.15, 0.2) is 33.7 Å². The van der Waals surface area contributed by atoms with Gasteiger partial charge in [-0.3, -0.25) is 14.2 Å². The zero-order valence-electron chi connectivity index (χ0n) is 15.2. The summed E-state index contributed by atoms with van der Waals surface area (Å²) in [7, 11) is 0. The lowest BCUT2D eigenvalue weighted by Crippen LogP contribution is -2.25. The molecule has 0 aliphatic carbocycles. The van der Waals surface area contributed by atoms with Gasteiger partial charge in [0.05, 0.1) is 13.2 Å². The predicted molar refractivity (Wildman–Crippen MR) is 95.9 cm³/mol. The van der Waals surface area contributed by atoms with E-state index in [9.17, 15) is 14.4 Å². The van der Waals surface area contributed by atoms with Crippen LogP contribution >= 0.6 is 0 Å². The van der Waals surface area contributed by atoms with E-state index in [1.54, 1.807) is 32.0 Å². The van der Waals surface area contributed by atoms with Gasteiger partial charge >= 0.3 is 5.97 Å². The lowest BCUT2D eigenvalue weighted by Gasteiger charge is -2.06. The van der Waals surface area contributed by atoms with E-state index in [2.05, 4.69) is 4.98 Å². The van der Waals surface area contributed by atoms with Crippen LogP contribution in [0.5, 0.6) is 11.5 Å². The molecule has 4 rings (SSSR count). The molecule has 1 aliphatic heterocycles. The van der Waals surface area contributed by atoms with Crippen molar-refractivity contribution in [1.29, 1.82) is 0 Å². The highest BCUT2D eigenvalue weighted by Gasteiger charge is 2.24. The number of ether oxygens (including phenoxy) is 3. The van der Waals surface area contributed by atoms with Crippen LogP contribution in [0, 0.1) is 6.92 Å². The van der Waals surface area contributed by atoms with Gasteiger partial charge in [0.25, 0.3) is 5.56 Å². The van der Waals surface area contributed by atoms with Crippen molar-refractivity contribution < 1.29 is 28.2 Å². The molecule has 0 unspecified atom stereocenters. The fourth-order valence-corrected chi connectivity index (χ4v) is 3.02. The molecule has 0 fully saturated rings. The topological polar surface area (TPSA) is 110 Å². The fourth-order valence-electron chi connectivity index (χ4n) is 3.02. The minimum Gasteiger partial charge on any atom is -0.462 e. The van der Waals surface area contributed by atoms with Crippen molar-refractivity contribution in [1.82, 2.24) is 9.55 Å². The third-order valence-electron chi connectivity index (χ3n) is 4.34. The number of fused-ring (bicyclic) bond motifs is 2. The normalized spacial score (nSPS) is 12.4. The van der Waals surface area contributed by atoms with Crippen LogP contribution in [-0.4, -0.2) is 34.7 Å². The van der Waals surface area contributed by atoms with Gasteiger partial charge in [-0.15, -0.1) is 0 Å². The summed E-state index contributed by atoms with van der Waals surface area (Å²) >= 11 is 0. The standard InChI is InChI=1S/C19H16N2O7/c1-3-25-19(24)15-10(2)28-17-16(15)18(23)21(8-20-17)7-12(22)11-4-5-13-14(6-11)27-9-26-13/h4-6,8H,3,7,9H2,1-2H3. The van der Waals surface area contributed by atoms with E-state index in [0.717, 1.165) is 4.57 Å². The maximum absolute atomic E-state index is 12.9. The summed E-state index contributed by atoms with van der Waals surface area (Å²) in [6.45, 7) is 3.21. The van der Waals surface area contributed by atoms with Gasteiger partial charge in [-0.25, -0.2) is 9.78 Å². The minimum absolute atomic E-state index is 0.00284. The Bertz CT molecular complexity index is 1160. The molecular weight excluding hydrogens is 368 g/mol. The smallest absolute Gasteiger partial charge is 0.342 e. The van der Waals surface area contributed by atoms with Gasteiger partial charge in [0.1, 0.15) is 23.0 Å². The molecule has 9 nitrogen and oxygen atoms in total. The summed E-state index contributed by atoms with van der Waals surface area (Å²) in [6.07, 6.45) is 1.22. The number of furan rings is 1. The molecule has 0 amide bonds. The fraction of sp³-hybridized carbons (Fsp3) is 0.263. The molecule has 0 saturated carbocycles. The second kappa shape index (κ2) is 6.84. The number of rotatable bonds is 5. The summed E-state index contributed by atoms with van der Waals surface area (Å²) in [4.78, 5) is 41.8. The Morgan fingerprint density at radius 2 is 2.04 bits per heavy atom. The first-order valence-electron chi connectivity index (χ1n) is 8.58. The first-order valence-corrected chi connectivity index (χ1v) is 8.58. The summed E-state index contributed by atoms with van der Waals surface area (Å²) < 4.78 is 22.0. The lowest BCUT2D eigenvalue weighted by atomic mass is 10.1. The van der Waals surface area contributed by atoms with Crippen LogP contribution in [-0.2, 0) is 11.3 Å². The molecule has 0 atom stereocenters. The molecule has 1 aromatic carbocycles. The highest BCUT2D eigenvalue weighted by Crippen LogP contribution is 2.32. The molecule has 3 aromatic rings. The van der Waals surface area contributed by atoms with Crippen LogP contribution in [0.3, 0.4) is 0 Å². The Labute approximate surface area is 158 Å². The Balaban J connectivity index is 1.70. The molecule has 0 bridgehead atoms. The van der Waals surface area contributed by atoms with Crippen molar-refractivity contribution >= 4 is 22.9 Å². The second-order valence-corrected chi connectivity index (χ2v) is 6.10. The number of carbonyl (C=O) groups is 2. The van der Waals surface area contributed by atoms with Crippen molar-refractivity contribution in [2.75, 3.05) is 13.4 Å². The predicted octanol–water partition coefficient (Wildman–Crippen LogP) is 2.09. The number of ketones is 1. The van der Waals surface area contributed by atoms with Crippen LogP contribution in [0.4, 0.5) is 0 Å². The van der Waals surface area contributed by atoms with E-state index in [4.69, 9.17) is 18.6 Å². The van der Waals surface area contributed by atoms with Crippen LogP contribution in [0.2, 0.25) is 0 Å². The monoisotopic (exact) mass is 384 g/mol. The Kier molecular flexibility index (Phi) is 4.34. The molecule has 144 valence electrons. The summed E-state index contributed by atoms with van der Waals surface area (Å²) in [5.41, 5.74) is -0.138. The number of benzene rings is 1. The van der Waals surface area contributed by atoms with Crippen LogP contribution in [0.1, 0.15) is 33.4 Å². The van der Waals surface area contributed by atoms with E-state index in [0.29, 0.717) is 17.1 Å². The van der Waals surface area contributed by atoms with E-state index in [1.807, 2.05) is 0 Å². The van der Waals surface area contributed by atoms with E-state index >= 15 is 0 Å². The van der Waals surface area contributed by atoms with Gasteiger partial charge in [0.15, 0.2) is 17.3 Å². The van der Waals surface area contributed by atoms with Gasteiger partial charge < -0.3 is 18.6 Å². The number of carbonyl (C=O) groups excluding carboxylic acids is 2. The molecule has 0 saturated heterocycles. The molecule has 2 aromatic heterocycles. The molecule has 28 heavy (non-hydrogen) atoms. The number of esters is 1. The maximum atomic E-state index is 12.9. The van der Waals surface area contributed by atoms with Crippen molar-refractivity contribution in [3.8, 4) is 11.5 Å². The number of Topliss-reactive ketones (excluding diaryl/α,β-unsaturated/α-hetero) is 1. The van der Waals surface area contributed by atoms with Crippen LogP contribution in [0.25, 0.3) is 11.1 Å². The molecule has 0 N–H and O–H groups in total. The van der Waals surface area contributed by atoms with E-state index < -0.39 is 11.5 Å². The number of nitrogens with zero attached hydrogens (tertiary/aromatic N) is 2. The van der Waals surface area contributed by atoms with Crippen molar-refractivity contribution in [3.63, 3.8) is 0 Å². The molecule has 3 heterocycles. The average Bonchev–Trinajstić information content (AvgIpc) is 3.27. The van der Waals surface area contributed by atoms with Crippen molar-refractivity contribution in [2.45, 2.75) is 20.4 Å². The van der Waals surface area contributed by atoms with Gasteiger partial charge in [-0.05, 0) is 32.0 Å². The zero-order valence-corrected chi connectivity index (χ0v) is 15.2. The summed E-state index contributed by atoms with van der Waals surface area (Å²) in [5.74, 6) is 0.279.